The molecule has 3 aromatic carbocycles. The smallest absolute Gasteiger partial charge is 0.261 e. The van der Waals surface area contributed by atoms with E-state index in [0.717, 1.165) is 47.6 Å². The number of ketones is 1. The fraction of sp³-hybridized carbons (Fsp3) is 0.576. The molecule has 706 valence electrons. The number of piperazine rings is 1. The molecule has 0 radical (unpaired) electrons. The van der Waals surface area contributed by atoms with Crippen molar-refractivity contribution < 1.29 is 67.4 Å². The highest BCUT2D eigenvalue weighted by atomic mass is 16.3. The van der Waals surface area contributed by atoms with Crippen molar-refractivity contribution in [3.05, 3.63) is 119 Å². The van der Waals surface area contributed by atoms with Gasteiger partial charge in [-0.05, 0) is 130 Å². The molecule has 21 N–H and O–H groups in total. The standard InChI is InChI=1S/C92H138N22O15/c1-9-11-12-13-14-15-16-17-19-31-78(118)98-39-24-18-20-32-79(119)99-40-25-23-29-71(105-89(127)81(94)59(7)10-2)91(129)113-44-42-112(43-45-113)64-35-38-69-67(50-64)90(128)114(56-103-69)54-80(120)104-70(30-26-41-100-92(95)96)83(121)109-75(49-63-53-97-55-102-63)86(124)107-73(47-61-33-36-65(116)37-34-61)85(123)106-72(46-57(3)4)84(122)110-76(51-77(93)117)87(125)108-74(88(126)111-82(58(5)6)60(8)115)48-62-52-101-68-28-22-21-27-66(62)68/h21-22,27-28,33-38,50,52-53,55-59,70-76,81-82,101,116H,9-20,23-26,29-32,39-49,51,54,94H2,1-8H3,(H2,93,117)(H,97,102)(H,98,118)(H,99,119)(H,104,120)(H,105,127)(H,106,123)(H,107,124)(H,108,125)(H,109,121)(H,110,122)(H,111,126)(H4,95,96,100)/t59-,70-,71-,72-,73-,74-,75-,76-,81-,82-/m0/s1. The number of nitrogens with one attached hydrogen (secondary N) is 14. The number of phenolic OH excluding ortho intramolecular Hbond substituents is 1. The Labute approximate surface area is 754 Å². The van der Waals surface area contributed by atoms with Gasteiger partial charge in [0.05, 0.1) is 47.8 Å². The summed E-state index contributed by atoms with van der Waals surface area (Å²) in [7, 11) is 0. The van der Waals surface area contributed by atoms with Crippen LogP contribution in [-0.4, -0.2) is 217 Å². The third-order valence-corrected chi connectivity index (χ3v) is 23.2. The molecule has 129 heavy (non-hydrogen) atoms. The number of H-pyrrole nitrogens is 2. The number of anilines is 1. The summed E-state index contributed by atoms with van der Waals surface area (Å²) in [6, 6.07) is 6.18. The largest absolute Gasteiger partial charge is 0.508 e. The molecule has 1 saturated heterocycles. The van der Waals surface area contributed by atoms with E-state index in [9.17, 15) is 62.6 Å². The number of nitrogens with zero attached hydrogens (tertiary/aromatic N) is 5. The van der Waals surface area contributed by atoms with Gasteiger partial charge >= 0.3 is 0 Å². The molecule has 1 aliphatic rings. The van der Waals surface area contributed by atoms with Crippen molar-refractivity contribution in [1.82, 2.24) is 87.9 Å². The fourth-order valence-corrected chi connectivity index (χ4v) is 15.5. The number of hydrogen-bond donors (Lipinski definition) is 18. The van der Waals surface area contributed by atoms with Crippen LogP contribution in [0.15, 0.2) is 96.6 Å². The predicted molar refractivity (Wildman–Crippen MR) is 492 cm³/mol. The third-order valence-electron chi connectivity index (χ3n) is 23.2. The first-order chi connectivity index (χ1) is 61.7. The maximum atomic E-state index is 15.1. The highest BCUT2D eigenvalue weighted by Gasteiger charge is 2.38. The van der Waals surface area contributed by atoms with Gasteiger partial charge in [0.1, 0.15) is 54.6 Å². The molecule has 10 atom stereocenters. The minimum absolute atomic E-state index is 0.0624. The number of Topliss-reactive ketones (excluding diaryl/α,β-unsaturated/α-hetero) is 1. The fourth-order valence-electron chi connectivity index (χ4n) is 15.5. The normalized spacial score (nSPS) is 14.4. The maximum absolute atomic E-state index is 15.1. The summed E-state index contributed by atoms with van der Waals surface area (Å²) in [5.74, 6) is -9.74. The van der Waals surface area contributed by atoms with Crippen LogP contribution in [0.1, 0.15) is 213 Å². The second kappa shape index (κ2) is 54.1. The molecule has 0 spiro atoms. The lowest BCUT2D eigenvalue weighted by atomic mass is 9.98. The van der Waals surface area contributed by atoms with E-state index >= 15 is 9.59 Å². The minimum Gasteiger partial charge on any atom is -0.508 e. The highest BCUT2D eigenvalue weighted by molar-refractivity contribution is 6.00. The molecular weight excluding hydrogens is 1650 g/mol. The van der Waals surface area contributed by atoms with E-state index in [1.54, 1.807) is 63.1 Å². The molecule has 0 aliphatic carbocycles. The number of imidazole rings is 1. The van der Waals surface area contributed by atoms with E-state index < -0.39 is 126 Å². The van der Waals surface area contributed by atoms with Crippen LogP contribution in [0, 0.1) is 23.2 Å². The van der Waals surface area contributed by atoms with E-state index in [1.165, 1.54) is 88.6 Å². The quantitative estimate of drug-likeness (QED) is 0.0144. The highest BCUT2D eigenvalue weighted by Crippen LogP contribution is 2.25. The van der Waals surface area contributed by atoms with Gasteiger partial charge < -0.3 is 101 Å². The minimum atomic E-state index is -1.73. The second-order valence-corrected chi connectivity index (χ2v) is 34.5. The second-order valence-electron chi connectivity index (χ2n) is 34.5. The number of phenols is 1. The number of fused-ring (bicyclic) bond motifs is 2. The number of guanidine groups is 1. The van der Waals surface area contributed by atoms with Gasteiger partial charge in [0.15, 0.2) is 11.7 Å². The number of aromatic amines is 2. The number of rotatable bonds is 58. The molecule has 0 saturated carbocycles. The number of carbonyl (C=O) groups excluding carboxylic acids is 13. The Morgan fingerprint density at radius 3 is 1.70 bits per heavy atom. The number of hydrogen-bond acceptors (Lipinski definition) is 20. The van der Waals surface area contributed by atoms with Crippen LogP contribution in [-0.2, 0) is 88.1 Å². The van der Waals surface area contributed by atoms with Crippen LogP contribution in [0.4, 0.5) is 5.69 Å². The van der Waals surface area contributed by atoms with E-state index in [4.69, 9.17) is 22.6 Å². The van der Waals surface area contributed by atoms with Crippen molar-refractivity contribution >= 4 is 110 Å². The average molecular weight is 1790 g/mol. The lowest BCUT2D eigenvalue weighted by Crippen LogP contribution is -2.61. The van der Waals surface area contributed by atoms with Gasteiger partial charge in [0.25, 0.3) is 5.56 Å². The molecule has 7 rings (SSSR count). The van der Waals surface area contributed by atoms with Gasteiger partial charge in [-0.15, -0.1) is 0 Å². The van der Waals surface area contributed by atoms with E-state index in [0.29, 0.717) is 93.5 Å². The summed E-state index contributed by atoms with van der Waals surface area (Å²) < 4.78 is 1.07. The summed E-state index contributed by atoms with van der Waals surface area (Å²) >= 11 is 0. The van der Waals surface area contributed by atoms with Gasteiger partial charge in [-0.2, -0.15) is 0 Å². The zero-order valence-electron chi connectivity index (χ0n) is 76.1. The topological polar surface area (TPSA) is 562 Å². The van der Waals surface area contributed by atoms with Crippen LogP contribution in [0.5, 0.6) is 5.75 Å². The number of aromatic nitrogens is 5. The number of nitrogens with two attached hydrogens (primary N) is 3. The SMILES string of the molecule is CCCCCCCCCCCC(=O)NCCCCCC(=O)NCCCC[C@H](NC(=O)[C@@H](N)[C@@H](C)CC)C(=O)N1CCN(c2ccc3ncn(CC(=O)N[C@@H](CCCNC(=N)N)C(=O)N[C@@H](Cc4c[nH]cn4)C(=O)N[C@@H](Cc4ccc(O)cc4)C(=O)N[C@@H](CC(C)C)C(=O)N[C@@H](CC(N)=O)C(=O)N[C@@H](Cc4c[nH]c5ccccc45)C(=O)N[C@H](C(C)=O)C(C)C)c(=O)c3c2)CC1. The first-order valence-electron chi connectivity index (χ1n) is 45.6. The average Bonchev–Trinajstić information content (AvgIpc) is 1.62. The number of para-hydroxylation sites is 1. The van der Waals surface area contributed by atoms with Gasteiger partial charge in [-0.1, -0.05) is 143 Å². The number of benzene rings is 3. The number of aromatic hydroxyl groups is 1. The lowest BCUT2D eigenvalue weighted by Gasteiger charge is -2.38. The maximum Gasteiger partial charge on any atom is 0.261 e. The van der Waals surface area contributed by atoms with Crippen LogP contribution in [0.2, 0.25) is 0 Å². The molecule has 37 heteroatoms. The Kier molecular flexibility index (Phi) is 43.5. The van der Waals surface area contributed by atoms with Crippen molar-refractivity contribution in [3.8, 4) is 5.75 Å². The van der Waals surface area contributed by atoms with Crippen molar-refractivity contribution in [2.45, 2.75) is 277 Å². The van der Waals surface area contributed by atoms with E-state index in [1.807, 2.05) is 36.9 Å². The molecule has 6 aromatic rings. The summed E-state index contributed by atoms with van der Waals surface area (Å²) in [6.45, 7) is 15.9. The van der Waals surface area contributed by atoms with Gasteiger partial charge in [-0.25, -0.2) is 9.97 Å². The van der Waals surface area contributed by atoms with Crippen molar-refractivity contribution in [2.75, 3.05) is 50.7 Å². The summed E-state index contributed by atoms with van der Waals surface area (Å²) in [5, 5.41) is 49.3. The number of carbonyl (C=O) groups is 13. The van der Waals surface area contributed by atoms with Crippen LogP contribution in [0.25, 0.3) is 21.8 Å². The first kappa shape index (κ1) is 104. The number of unbranched alkanes of at least 4 members (excludes halogenated alkanes) is 11. The van der Waals surface area contributed by atoms with Crippen LogP contribution >= 0.6 is 0 Å². The monoisotopic (exact) mass is 1790 g/mol. The zero-order valence-corrected chi connectivity index (χ0v) is 76.1. The molecule has 3 aromatic heterocycles. The first-order valence-corrected chi connectivity index (χ1v) is 45.6. The Morgan fingerprint density at radius 1 is 0.543 bits per heavy atom. The third kappa shape index (κ3) is 35.3. The van der Waals surface area contributed by atoms with Gasteiger partial charge in [-0.3, -0.25) is 77.1 Å². The number of amides is 12. The molecule has 12 amide bonds. The lowest BCUT2D eigenvalue weighted by molar-refractivity contribution is -0.137. The van der Waals surface area contributed by atoms with Crippen LogP contribution in [0.3, 0.4) is 0 Å². The van der Waals surface area contributed by atoms with E-state index in [2.05, 4.69) is 85.3 Å². The molecular formula is C92H138N22O15. The predicted octanol–water partition coefficient (Wildman–Crippen LogP) is 4.25. The van der Waals surface area contributed by atoms with Crippen molar-refractivity contribution in [1.29, 1.82) is 5.41 Å². The zero-order chi connectivity index (χ0) is 94.1. The Balaban J connectivity index is 0.999. The summed E-state index contributed by atoms with van der Waals surface area (Å²) in [4.78, 5) is 214. The molecule has 0 unspecified atom stereocenters. The van der Waals surface area contributed by atoms with Gasteiger partial charge in [0.2, 0.25) is 70.9 Å². The Morgan fingerprint density at radius 2 is 1.09 bits per heavy atom. The molecule has 1 aliphatic heterocycles. The molecule has 1 fully saturated rings. The Bertz CT molecular complexity index is 4740. The molecule has 4 heterocycles. The van der Waals surface area contributed by atoms with Crippen LogP contribution < -0.4 is 86.1 Å². The van der Waals surface area contributed by atoms with Crippen molar-refractivity contribution in [3.63, 3.8) is 0 Å². The Hall–Kier alpha value is -12.3. The summed E-state index contributed by atoms with van der Waals surface area (Å²) in [6.07, 6.45) is 20.0. The van der Waals surface area contributed by atoms with Gasteiger partial charge in [0, 0.05) is 107 Å². The molecule has 37 nitrogen and oxygen atoms in total. The van der Waals surface area contributed by atoms with E-state index in [-0.39, 0.29) is 122 Å². The number of primary amides is 1. The molecule has 0 bridgehead atoms. The van der Waals surface area contributed by atoms with Crippen molar-refractivity contribution in [2.24, 2.45) is 35.0 Å². The summed E-state index contributed by atoms with van der Waals surface area (Å²) in [5.41, 5.74) is 20.0.